The molecule has 0 atom stereocenters. The number of thioether (sulfide) groups is 1. The van der Waals surface area contributed by atoms with E-state index in [0.29, 0.717) is 44.0 Å². The molecule has 1 aromatic heterocycles. The number of fused-ring (bicyclic) bond motifs is 1. The minimum atomic E-state index is -0.283. The van der Waals surface area contributed by atoms with Crippen molar-refractivity contribution in [2.45, 2.75) is 12.1 Å². The van der Waals surface area contributed by atoms with Crippen molar-refractivity contribution in [1.82, 2.24) is 9.55 Å². The van der Waals surface area contributed by atoms with Crippen LogP contribution in [-0.4, -0.2) is 35.4 Å². The molecule has 174 valence electrons. The molecule has 0 radical (unpaired) electrons. The van der Waals surface area contributed by atoms with Crippen molar-refractivity contribution in [3.63, 3.8) is 0 Å². The molecule has 0 saturated heterocycles. The minimum absolute atomic E-state index is 0.0186. The van der Waals surface area contributed by atoms with Gasteiger partial charge in [0.05, 0.1) is 42.3 Å². The van der Waals surface area contributed by atoms with Crippen LogP contribution < -0.4 is 20.3 Å². The Morgan fingerprint density at radius 3 is 2.59 bits per heavy atom. The molecule has 0 aliphatic heterocycles. The number of aromatic nitrogens is 2. The Balaban J connectivity index is 1.72. The molecular formula is C25H22ClN3O4S. The number of rotatable bonds is 7. The maximum absolute atomic E-state index is 13.5. The summed E-state index contributed by atoms with van der Waals surface area (Å²) in [6, 6.07) is 17.6. The molecule has 7 nitrogen and oxygen atoms in total. The second kappa shape index (κ2) is 10.2. The maximum Gasteiger partial charge on any atom is 0.266 e. The monoisotopic (exact) mass is 495 g/mol. The van der Waals surface area contributed by atoms with Crippen LogP contribution in [0.5, 0.6) is 11.5 Å². The van der Waals surface area contributed by atoms with Gasteiger partial charge >= 0.3 is 0 Å². The van der Waals surface area contributed by atoms with E-state index in [9.17, 15) is 9.59 Å². The summed E-state index contributed by atoms with van der Waals surface area (Å²) in [6.07, 6.45) is 0. The first kappa shape index (κ1) is 23.7. The molecule has 0 spiro atoms. The van der Waals surface area contributed by atoms with Gasteiger partial charge in [0.15, 0.2) is 5.16 Å². The van der Waals surface area contributed by atoms with Crippen molar-refractivity contribution in [2.75, 3.05) is 25.3 Å². The quantitative estimate of drug-likeness (QED) is 0.284. The van der Waals surface area contributed by atoms with Gasteiger partial charge in [-0.25, -0.2) is 4.98 Å². The first-order valence-corrected chi connectivity index (χ1v) is 11.7. The summed E-state index contributed by atoms with van der Waals surface area (Å²) in [5.74, 6) is 0.829. The third-order valence-corrected chi connectivity index (χ3v) is 6.26. The number of methoxy groups -OCH3 is 2. The van der Waals surface area contributed by atoms with Crippen molar-refractivity contribution in [1.29, 1.82) is 0 Å². The van der Waals surface area contributed by atoms with Crippen LogP contribution in [0.1, 0.15) is 5.56 Å². The molecule has 1 N–H and O–H groups in total. The Morgan fingerprint density at radius 1 is 1.06 bits per heavy atom. The number of ether oxygens (including phenoxy) is 2. The van der Waals surface area contributed by atoms with E-state index in [1.807, 2.05) is 31.2 Å². The van der Waals surface area contributed by atoms with Crippen molar-refractivity contribution in [2.24, 2.45) is 0 Å². The Labute approximate surface area is 205 Å². The number of hydrogen-bond donors (Lipinski definition) is 1. The van der Waals surface area contributed by atoms with Crippen LogP contribution in [0.2, 0.25) is 5.02 Å². The van der Waals surface area contributed by atoms with Gasteiger partial charge in [-0.15, -0.1) is 0 Å². The number of hydrogen-bond acceptors (Lipinski definition) is 6. The lowest BCUT2D eigenvalue weighted by Gasteiger charge is -2.16. The van der Waals surface area contributed by atoms with E-state index < -0.39 is 0 Å². The van der Waals surface area contributed by atoms with Gasteiger partial charge in [-0.2, -0.15) is 0 Å². The third-order valence-electron chi connectivity index (χ3n) is 5.09. The zero-order valence-electron chi connectivity index (χ0n) is 18.8. The normalized spacial score (nSPS) is 10.8. The molecule has 0 unspecified atom stereocenters. The molecule has 34 heavy (non-hydrogen) atoms. The SMILES string of the molecule is COc1ccc(C)cc1NC(=O)CSc1nc2cc(Cl)ccc2c(=O)n1-c1ccccc1OC. The third kappa shape index (κ3) is 4.88. The van der Waals surface area contributed by atoms with Gasteiger partial charge in [0.25, 0.3) is 5.56 Å². The fourth-order valence-corrected chi connectivity index (χ4v) is 4.47. The van der Waals surface area contributed by atoms with Gasteiger partial charge in [0, 0.05) is 5.02 Å². The largest absolute Gasteiger partial charge is 0.495 e. The van der Waals surface area contributed by atoms with Crippen molar-refractivity contribution >= 4 is 45.9 Å². The smallest absolute Gasteiger partial charge is 0.266 e. The summed E-state index contributed by atoms with van der Waals surface area (Å²) < 4.78 is 12.3. The standard InChI is InChI=1S/C25H22ClN3O4S/c1-15-8-11-21(32-2)19(12-15)27-23(30)14-34-25-28-18-13-16(26)9-10-17(18)24(31)29(25)20-6-4-5-7-22(20)33-3/h4-13H,14H2,1-3H3,(H,27,30). The van der Waals surface area contributed by atoms with Gasteiger partial charge < -0.3 is 14.8 Å². The van der Waals surface area contributed by atoms with Crippen LogP contribution in [0.4, 0.5) is 5.69 Å². The molecule has 4 rings (SSSR count). The number of amides is 1. The molecule has 1 heterocycles. The van der Waals surface area contributed by atoms with Gasteiger partial charge in [0.2, 0.25) is 5.91 Å². The van der Waals surface area contributed by atoms with Crippen LogP contribution in [0.25, 0.3) is 16.6 Å². The maximum atomic E-state index is 13.5. The average Bonchev–Trinajstić information content (AvgIpc) is 2.83. The lowest BCUT2D eigenvalue weighted by atomic mass is 10.2. The van der Waals surface area contributed by atoms with E-state index in [1.165, 1.54) is 11.7 Å². The Hall–Kier alpha value is -3.49. The predicted molar refractivity (Wildman–Crippen MR) is 136 cm³/mol. The Bertz CT molecular complexity index is 1440. The van der Waals surface area contributed by atoms with Gasteiger partial charge in [0.1, 0.15) is 11.5 Å². The van der Waals surface area contributed by atoms with Gasteiger partial charge in [-0.05, 0) is 55.0 Å². The summed E-state index contributed by atoms with van der Waals surface area (Å²) in [5, 5.41) is 4.09. The summed E-state index contributed by atoms with van der Waals surface area (Å²) in [7, 11) is 3.08. The van der Waals surface area contributed by atoms with Crippen LogP contribution in [0.3, 0.4) is 0 Å². The summed E-state index contributed by atoms with van der Waals surface area (Å²) >= 11 is 7.28. The van der Waals surface area contributed by atoms with Gasteiger partial charge in [-0.3, -0.25) is 14.2 Å². The topological polar surface area (TPSA) is 82.5 Å². The van der Waals surface area contributed by atoms with E-state index in [-0.39, 0.29) is 17.2 Å². The van der Waals surface area contributed by atoms with E-state index >= 15 is 0 Å². The second-order valence-electron chi connectivity index (χ2n) is 7.41. The second-order valence-corrected chi connectivity index (χ2v) is 8.79. The zero-order valence-corrected chi connectivity index (χ0v) is 20.4. The first-order chi connectivity index (χ1) is 16.4. The number of aryl methyl sites for hydroxylation is 1. The van der Waals surface area contributed by atoms with Crippen molar-refractivity contribution in [3.8, 4) is 17.2 Å². The molecular weight excluding hydrogens is 474 g/mol. The zero-order chi connectivity index (χ0) is 24.2. The number of carbonyl (C=O) groups is 1. The molecule has 0 aliphatic carbocycles. The van der Waals surface area contributed by atoms with Crippen LogP contribution in [-0.2, 0) is 4.79 Å². The highest BCUT2D eigenvalue weighted by molar-refractivity contribution is 7.99. The fourth-order valence-electron chi connectivity index (χ4n) is 3.50. The lowest BCUT2D eigenvalue weighted by molar-refractivity contribution is -0.113. The number of benzene rings is 3. The van der Waals surface area contributed by atoms with Gasteiger partial charge in [-0.1, -0.05) is 41.6 Å². The molecule has 0 saturated carbocycles. The van der Waals surface area contributed by atoms with Crippen LogP contribution in [0.15, 0.2) is 70.6 Å². The van der Waals surface area contributed by atoms with Crippen LogP contribution in [0, 0.1) is 6.92 Å². The fraction of sp³-hybridized carbons (Fsp3) is 0.160. The molecule has 0 aliphatic rings. The highest BCUT2D eigenvalue weighted by atomic mass is 35.5. The summed E-state index contributed by atoms with van der Waals surface area (Å²) in [4.78, 5) is 30.9. The van der Waals surface area contributed by atoms with E-state index in [1.54, 1.807) is 43.5 Å². The summed E-state index contributed by atoms with van der Waals surface area (Å²) in [5.41, 5.74) is 2.26. The number of nitrogens with one attached hydrogen (secondary N) is 1. The number of anilines is 1. The molecule has 0 bridgehead atoms. The van der Waals surface area contributed by atoms with Crippen molar-refractivity contribution < 1.29 is 14.3 Å². The average molecular weight is 496 g/mol. The molecule has 9 heteroatoms. The van der Waals surface area contributed by atoms with Crippen molar-refractivity contribution in [3.05, 3.63) is 81.6 Å². The number of carbonyl (C=O) groups excluding carboxylic acids is 1. The predicted octanol–water partition coefficient (Wildman–Crippen LogP) is 5.10. The van der Waals surface area contributed by atoms with E-state index in [0.717, 1.165) is 17.3 Å². The van der Waals surface area contributed by atoms with E-state index in [2.05, 4.69) is 10.3 Å². The number of nitrogens with zero attached hydrogens (tertiary/aromatic N) is 2. The van der Waals surface area contributed by atoms with E-state index in [4.69, 9.17) is 21.1 Å². The lowest BCUT2D eigenvalue weighted by Crippen LogP contribution is -2.23. The first-order valence-electron chi connectivity index (χ1n) is 10.3. The van der Waals surface area contributed by atoms with Crippen LogP contribution >= 0.6 is 23.4 Å². The Kier molecular flexibility index (Phi) is 7.09. The molecule has 4 aromatic rings. The Morgan fingerprint density at radius 2 is 1.82 bits per heavy atom. The minimum Gasteiger partial charge on any atom is -0.495 e. The highest BCUT2D eigenvalue weighted by Gasteiger charge is 2.18. The molecule has 0 fully saturated rings. The molecule has 1 amide bonds. The number of para-hydroxylation sites is 2. The number of halogens is 1. The highest BCUT2D eigenvalue weighted by Crippen LogP contribution is 2.29. The summed E-state index contributed by atoms with van der Waals surface area (Å²) in [6.45, 7) is 1.93. The molecule has 3 aromatic carbocycles.